The van der Waals surface area contributed by atoms with Crippen LogP contribution in [0.4, 0.5) is 5.69 Å². The summed E-state index contributed by atoms with van der Waals surface area (Å²) in [4.78, 5) is 25.7. The van der Waals surface area contributed by atoms with Crippen LogP contribution in [0, 0.1) is 0 Å². The number of rotatable bonds is 8. The topological polar surface area (TPSA) is 49.4 Å². The van der Waals surface area contributed by atoms with Crippen molar-refractivity contribution in [3.05, 3.63) is 29.8 Å². The highest BCUT2D eigenvalue weighted by Crippen LogP contribution is 2.35. The first-order chi connectivity index (χ1) is 10.6. The van der Waals surface area contributed by atoms with Gasteiger partial charge in [0, 0.05) is 24.7 Å². The van der Waals surface area contributed by atoms with Crippen LogP contribution in [0.5, 0.6) is 0 Å². The summed E-state index contributed by atoms with van der Waals surface area (Å²) in [7, 11) is 0. The Morgan fingerprint density at radius 2 is 1.82 bits per heavy atom. The minimum absolute atomic E-state index is 0.00930. The van der Waals surface area contributed by atoms with Crippen LogP contribution in [0.15, 0.2) is 24.3 Å². The van der Waals surface area contributed by atoms with Gasteiger partial charge in [-0.3, -0.25) is 9.59 Å². The fourth-order valence-electron chi connectivity index (χ4n) is 3.01. The molecule has 22 heavy (non-hydrogen) atoms. The molecule has 120 valence electrons. The average Bonchev–Trinajstić information content (AvgIpc) is 2.76. The lowest BCUT2D eigenvalue weighted by Crippen LogP contribution is -2.37. The lowest BCUT2D eigenvalue weighted by molar-refractivity contribution is -0.126. The predicted molar refractivity (Wildman–Crippen MR) is 88.7 cm³/mol. The van der Waals surface area contributed by atoms with Crippen LogP contribution in [0.3, 0.4) is 0 Å². The molecule has 1 unspecified atom stereocenters. The summed E-state index contributed by atoms with van der Waals surface area (Å²) in [5, 5.41) is 2.77. The van der Waals surface area contributed by atoms with E-state index in [0.717, 1.165) is 30.6 Å². The Morgan fingerprint density at radius 3 is 2.55 bits per heavy atom. The quantitative estimate of drug-likeness (QED) is 0.746. The zero-order valence-corrected chi connectivity index (χ0v) is 13.6. The highest BCUT2D eigenvalue weighted by Gasteiger charge is 2.36. The summed E-state index contributed by atoms with van der Waals surface area (Å²) < 4.78 is 0. The largest absolute Gasteiger partial charge is 0.341 e. The minimum atomic E-state index is -0.520. The fraction of sp³-hybridized carbons (Fsp3) is 0.556. The molecule has 4 nitrogen and oxygen atoms in total. The summed E-state index contributed by atoms with van der Waals surface area (Å²) in [5.41, 5.74) is 1.86. The molecular weight excluding hydrogens is 276 g/mol. The van der Waals surface area contributed by atoms with E-state index >= 15 is 0 Å². The molecule has 0 aromatic heterocycles. The third-order valence-corrected chi connectivity index (χ3v) is 4.13. The molecule has 0 spiro atoms. The number of unbranched alkanes of at least 4 members (excludes halogenated alkanes) is 5. The number of carbonyl (C=O) groups excluding carboxylic acids is 2. The fourth-order valence-corrected chi connectivity index (χ4v) is 3.01. The highest BCUT2D eigenvalue weighted by atomic mass is 16.2. The first kappa shape index (κ1) is 16.5. The monoisotopic (exact) mass is 302 g/mol. The highest BCUT2D eigenvalue weighted by molar-refractivity contribution is 6.06. The third kappa shape index (κ3) is 3.87. The number of carbonyl (C=O) groups is 2. The van der Waals surface area contributed by atoms with E-state index in [-0.39, 0.29) is 11.8 Å². The number of amides is 2. The number of hydrogen-bond acceptors (Lipinski definition) is 2. The van der Waals surface area contributed by atoms with Crippen molar-refractivity contribution in [3.8, 4) is 0 Å². The summed E-state index contributed by atoms with van der Waals surface area (Å²) in [6.07, 6.45) is 7.20. The normalized spacial score (nSPS) is 16.7. The lowest BCUT2D eigenvalue weighted by atomic mass is 10.1. The Balaban J connectivity index is 1.97. The Labute approximate surface area is 132 Å². The summed E-state index contributed by atoms with van der Waals surface area (Å²) in [6.45, 7) is 4.40. The molecule has 1 aliphatic rings. The van der Waals surface area contributed by atoms with Crippen LogP contribution in [0.2, 0.25) is 0 Å². The molecule has 1 aromatic rings. The van der Waals surface area contributed by atoms with Gasteiger partial charge in [0.2, 0.25) is 5.91 Å². The molecule has 0 saturated carbocycles. The molecular formula is C18H26N2O2. The molecule has 1 heterocycles. The Kier molecular flexibility index (Phi) is 5.99. The number of nitrogens with one attached hydrogen (secondary N) is 1. The van der Waals surface area contributed by atoms with Gasteiger partial charge in [0.15, 0.2) is 0 Å². The van der Waals surface area contributed by atoms with Crippen LogP contribution in [-0.4, -0.2) is 18.4 Å². The summed E-state index contributed by atoms with van der Waals surface area (Å²) >= 11 is 0. The number of hydrogen-bond donors (Lipinski definition) is 1. The number of nitrogens with zero attached hydrogens (tertiary/aromatic N) is 1. The van der Waals surface area contributed by atoms with Gasteiger partial charge in [0.25, 0.3) is 5.91 Å². The molecule has 0 saturated heterocycles. The van der Waals surface area contributed by atoms with Crippen molar-refractivity contribution in [1.29, 1.82) is 0 Å². The van der Waals surface area contributed by atoms with Gasteiger partial charge in [-0.2, -0.15) is 0 Å². The van der Waals surface area contributed by atoms with E-state index < -0.39 is 6.04 Å². The molecule has 0 bridgehead atoms. The second kappa shape index (κ2) is 7.97. The Morgan fingerprint density at radius 1 is 1.14 bits per heavy atom. The van der Waals surface area contributed by atoms with Crippen molar-refractivity contribution < 1.29 is 9.59 Å². The molecule has 1 aromatic carbocycles. The van der Waals surface area contributed by atoms with Gasteiger partial charge >= 0.3 is 0 Å². The van der Waals surface area contributed by atoms with E-state index in [1.54, 1.807) is 0 Å². The number of anilines is 1. The van der Waals surface area contributed by atoms with Crippen molar-refractivity contribution in [1.82, 2.24) is 5.32 Å². The molecule has 2 rings (SSSR count). The van der Waals surface area contributed by atoms with Crippen LogP contribution in [-0.2, 0) is 9.59 Å². The van der Waals surface area contributed by atoms with Gasteiger partial charge in [-0.15, -0.1) is 0 Å². The molecule has 1 aliphatic heterocycles. The third-order valence-electron chi connectivity index (χ3n) is 4.13. The van der Waals surface area contributed by atoms with E-state index in [4.69, 9.17) is 0 Å². The van der Waals surface area contributed by atoms with E-state index in [2.05, 4.69) is 12.2 Å². The van der Waals surface area contributed by atoms with Crippen LogP contribution in [0.25, 0.3) is 0 Å². The maximum absolute atomic E-state index is 12.6. The van der Waals surface area contributed by atoms with Crippen LogP contribution in [0.1, 0.15) is 64.0 Å². The molecule has 1 N–H and O–H groups in total. The molecule has 0 fully saturated rings. The molecule has 2 amide bonds. The van der Waals surface area contributed by atoms with Crippen LogP contribution < -0.4 is 10.2 Å². The zero-order valence-electron chi connectivity index (χ0n) is 13.6. The number of benzene rings is 1. The van der Waals surface area contributed by atoms with Crippen molar-refractivity contribution >= 4 is 17.5 Å². The average molecular weight is 302 g/mol. The first-order valence-corrected chi connectivity index (χ1v) is 8.32. The molecule has 0 aliphatic carbocycles. The minimum Gasteiger partial charge on any atom is -0.341 e. The van der Waals surface area contributed by atoms with E-state index in [0.29, 0.717) is 0 Å². The van der Waals surface area contributed by atoms with E-state index in [1.165, 1.54) is 32.6 Å². The van der Waals surface area contributed by atoms with Crippen molar-refractivity contribution in [2.75, 3.05) is 11.4 Å². The van der Waals surface area contributed by atoms with Gasteiger partial charge in [-0.1, -0.05) is 57.2 Å². The Hall–Kier alpha value is -1.84. The molecule has 0 radical (unpaired) electrons. The Bertz CT molecular complexity index is 528. The van der Waals surface area contributed by atoms with Gasteiger partial charge in [-0.05, 0) is 12.5 Å². The second-order valence-corrected chi connectivity index (χ2v) is 5.95. The number of para-hydroxylation sites is 1. The van der Waals surface area contributed by atoms with Gasteiger partial charge in [-0.25, -0.2) is 0 Å². The van der Waals surface area contributed by atoms with Crippen LogP contribution >= 0.6 is 0 Å². The predicted octanol–water partition coefficient (Wildman–Crippen LogP) is 3.57. The van der Waals surface area contributed by atoms with Crippen molar-refractivity contribution in [2.45, 2.75) is 58.4 Å². The van der Waals surface area contributed by atoms with Gasteiger partial charge in [0.05, 0.1) is 0 Å². The molecule has 4 heteroatoms. The standard InChI is InChI=1S/C18H26N2O2/c1-3-4-5-6-7-10-13-20-16-12-9-8-11-15(16)17(18(20)22)19-14(2)21/h8-9,11-12,17H,3-7,10,13H2,1-2H3,(H,19,21). The smallest absolute Gasteiger partial charge is 0.254 e. The maximum Gasteiger partial charge on any atom is 0.254 e. The summed E-state index contributed by atoms with van der Waals surface area (Å²) in [6, 6.07) is 7.22. The van der Waals surface area contributed by atoms with E-state index in [1.807, 2.05) is 29.2 Å². The number of fused-ring (bicyclic) bond motifs is 1. The molecule has 1 atom stereocenters. The zero-order chi connectivity index (χ0) is 15.9. The van der Waals surface area contributed by atoms with E-state index in [9.17, 15) is 9.59 Å². The second-order valence-electron chi connectivity index (χ2n) is 5.95. The van der Waals surface area contributed by atoms with Crippen molar-refractivity contribution in [3.63, 3.8) is 0 Å². The van der Waals surface area contributed by atoms with Gasteiger partial charge < -0.3 is 10.2 Å². The SMILES string of the molecule is CCCCCCCCN1C(=O)C(NC(C)=O)c2ccccc21. The first-order valence-electron chi connectivity index (χ1n) is 8.32. The summed E-state index contributed by atoms with van der Waals surface area (Å²) in [5.74, 6) is -0.181. The van der Waals surface area contributed by atoms with Gasteiger partial charge in [0.1, 0.15) is 6.04 Å². The lowest BCUT2D eigenvalue weighted by Gasteiger charge is -2.18. The van der Waals surface area contributed by atoms with Crippen molar-refractivity contribution in [2.24, 2.45) is 0 Å². The maximum atomic E-state index is 12.6.